The SMILES string of the molecule is COc1cc(OC)nc(NCCCC(C)Cl)n1. The average Bonchev–Trinajstić information content (AvgIpc) is 2.34. The van der Waals surface area contributed by atoms with Gasteiger partial charge in [0.15, 0.2) is 0 Å². The van der Waals surface area contributed by atoms with Crippen molar-refractivity contribution in [2.24, 2.45) is 0 Å². The van der Waals surface area contributed by atoms with E-state index < -0.39 is 0 Å². The van der Waals surface area contributed by atoms with Crippen LogP contribution in [0.5, 0.6) is 11.8 Å². The maximum Gasteiger partial charge on any atom is 0.229 e. The minimum Gasteiger partial charge on any atom is -0.481 e. The lowest BCUT2D eigenvalue weighted by molar-refractivity contribution is 0.373. The summed E-state index contributed by atoms with van der Waals surface area (Å²) in [6.07, 6.45) is 1.92. The van der Waals surface area contributed by atoms with Crippen molar-refractivity contribution in [1.82, 2.24) is 9.97 Å². The lowest BCUT2D eigenvalue weighted by Crippen LogP contribution is -2.08. The highest BCUT2D eigenvalue weighted by atomic mass is 35.5. The fraction of sp³-hybridized carbons (Fsp3) is 0.636. The molecule has 1 aromatic heterocycles. The van der Waals surface area contributed by atoms with E-state index in [4.69, 9.17) is 21.1 Å². The van der Waals surface area contributed by atoms with Gasteiger partial charge in [-0.1, -0.05) is 0 Å². The predicted molar refractivity (Wildman–Crippen MR) is 68.2 cm³/mol. The molecule has 1 atom stereocenters. The molecule has 1 unspecified atom stereocenters. The quantitative estimate of drug-likeness (QED) is 0.602. The van der Waals surface area contributed by atoms with Crippen molar-refractivity contribution >= 4 is 17.5 Å². The van der Waals surface area contributed by atoms with Gasteiger partial charge in [0.1, 0.15) is 0 Å². The fourth-order valence-corrected chi connectivity index (χ4v) is 1.43. The molecule has 0 radical (unpaired) electrons. The van der Waals surface area contributed by atoms with Crippen LogP contribution in [0.3, 0.4) is 0 Å². The maximum atomic E-state index is 5.86. The van der Waals surface area contributed by atoms with Crippen molar-refractivity contribution in [1.29, 1.82) is 0 Å². The highest BCUT2D eigenvalue weighted by Gasteiger charge is 2.04. The summed E-state index contributed by atoms with van der Waals surface area (Å²) >= 11 is 5.86. The Morgan fingerprint density at radius 3 is 2.35 bits per heavy atom. The van der Waals surface area contributed by atoms with Crippen LogP contribution in [0.4, 0.5) is 5.95 Å². The van der Waals surface area contributed by atoms with Crippen LogP contribution in [0, 0.1) is 0 Å². The number of hydrogen-bond acceptors (Lipinski definition) is 5. The summed E-state index contributed by atoms with van der Waals surface area (Å²) in [5.74, 6) is 1.46. The van der Waals surface area contributed by atoms with Crippen molar-refractivity contribution in [3.63, 3.8) is 0 Å². The van der Waals surface area contributed by atoms with E-state index in [1.807, 2.05) is 6.92 Å². The van der Waals surface area contributed by atoms with Crippen molar-refractivity contribution in [2.75, 3.05) is 26.1 Å². The van der Waals surface area contributed by atoms with E-state index in [1.54, 1.807) is 20.3 Å². The second kappa shape index (κ2) is 7.17. The highest BCUT2D eigenvalue weighted by Crippen LogP contribution is 2.17. The highest BCUT2D eigenvalue weighted by molar-refractivity contribution is 6.20. The van der Waals surface area contributed by atoms with Crippen molar-refractivity contribution in [3.8, 4) is 11.8 Å². The van der Waals surface area contributed by atoms with Crippen LogP contribution >= 0.6 is 11.6 Å². The van der Waals surface area contributed by atoms with E-state index in [9.17, 15) is 0 Å². The number of nitrogens with one attached hydrogen (secondary N) is 1. The lowest BCUT2D eigenvalue weighted by Gasteiger charge is -2.08. The van der Waals surface area contributed by atoms with Gasteiger partial charge in [0.05, 0.1) is 20.3 Å². The molecule has 0 aliphatic rings. The number of halogens is 1. The molecule has 0 saturated carbocycles. The molecular weight excluding hydrogens is 242 g/mol. The number of methoxy groups -OCH3 is 2. The summed E-state index contributed by atoms with van der Waals surface area (Å²) in [7, 11) is 3.11. The van der Waals surface area contributed by atoms with E-state index in [0.29, 0.717) is 17.7 Å². The number of nitrogens with zero attached hydrogens (tertiary/aromatic N) is 2. The number of anilines is 1. The largest absolute Gasteiger partial charge is 0.481 e. The normalized spacial score (nSPS) is 12.0. The molecule has 0 fully saturated rings. The van der Waals surface area contributed by atoms with Crippen LogP contribution in [0.1, 0.15) is 19.8 Å². The Balaban J connectivity index is 2.51. The van der Waals surface area contributed by atoms with Gasteiger partial charge in [-0.25, -0.2) is 0 Å². The van der Waals surface area contributed by atoms with Gasteiger partial charge in [0, 0.05) is 11.9 Å². The van der Waals surface area contributed by atoms with Crippen LogP contribution < -0.4 is 14.8 Å². The smallest absolute Gasteiger partial charge is 0.229 e. The van der Waals surface area contributed by atoms with Gasteiger partial charge in [0.25, 0.3) is 0 Å². The van der Waals surface area contributed by atoms with E-state index in [0.717, 1.165) is 19.4 Å². The van der Waals surface area contributed by atoms with Crippen molar-refractivity contribution in [2.45, 2.75) is 25.1 Å². The van der Waals surface area contributed by atoms with Crippen molar-refractivity contribution < 1.29 is 9.47 Å². The van der Waals surface area contributed by atoms with Gasteiger partial charge in [-0.3, -0.25) is 0 Å². The summed E-state index contributed by atoms with van der Waals surface area (Å²) in [6, 6.07) is 1.63. The lowest BCUT2D eigenvalue weighted by atomic mass is 10.2. The molecule has 0 amide bonds. The van der Waals surface area contributed by atoms with Gasteiger partial charge >= 0.3 is 0 Å². The zero-order chi connectivity index (χ0) is 12.7. The molecule has 1 rings (SSSR count). The molecule has 17 heavy (non-hydrogen) atoms. The molecule has 5 nitrogen and oxygen atoms in total. The van der Waals surface area contributed by atoms with E-state index in [2.05, 4.69) is 15.3 Å². The van der Waals surface area contributed by atoms with Crippen LogP contribution in [0.2, 0.25) is 0 Å². The maximum absolute atomic E-state index is 5.86. The number of aromatic nitrogens is 2. The standard InChI is InChI=1S/C11H18ClN3O2/c1-8(12)5-4-6-13-11-14-9(16-2)7-10(15-11)17-3/h7-8H,4-6H2,1-3H3,(H,13,14,15). The van der Waals surface area contributed by atoms with E-state index >= 15 is 0 Å². The first-order valence-corrected chi connectivity index (χ1v) is 5.94. The van der Waals surface area contributed by atoms with E-state index in [-0.39, 0.29) is 5.38 Å². The molecule has 0 aliphatic heterocycles. The monoisotopic (exact) mass is 259 g/mol. The first-order chi connectivity index (χ1) is 8.15. The van der Waals surface area contributed by atoms with Crippen LogP contribution in [-0.2, 0) is 0 Å². The number of ether oxygens (including phenoxy) is 2. The third kappa shape index (κ3) is 5.08. The van der Waals surface area contributed by atoms with Crippen molar-refractivity contribution in [3.05, 3.63) is 6.07 Å². The molecule has 1 N–H and O–H groups in total. The molecule has 0 spiro atoms. The minimum absolute atomic E-state index is 0.192. The second-order valence-corrected chi connectivity index (χ2v) is 4.37. The molecule has 0 aromatic carbocycles. The molecule has 6 heteroatoms. The van der Waals surface area contributed by atoms with Gasteiger partial charge in [-0.15, -0.1) is 11.6 Å². The van der Waals surface area contributed by atoms with Crippen LogP contribution in [-0.4, -0.2) is 36.1 Å². The van der Waals surface area contributed by atoms with Gasteiger partial charge in [0.2, 0.25) is 17.7 Å². The molecule has 0 bridgehead atoms. The van der Waals surface area contributed by atoms with Crippen LogP contribution in [0.25, 0.3) is 0 Å². The number of alkyl halides is 1. The molecule has 0 aliphatic carbocycles. The van der Waals surface area contributed by atoms with Gasteiger partial charge in [-0.2, -0.15) is 9.97 Å². The van der Waals surface area contributed by atoms with E-state index in [1.165, 1.54) is 0 Å². The Kier molecular flexibility index (Phi) is 5.83. The molecular formula is C11H18ClN3O2. The number of hydrogen-bond donors (Lipinski definition) is 1. The summed E-state index contributed by atoms with van der Waals surface area (Å²) in [5, 5.41) is 3.30. The Hall–Kier alpha value is -1.23. The fourth-order valence-electron chi connectivity index (χ4n) is 1.28. The Morgan fingerprint density at radius 1 is 1.29 bits per heavy atom. The molecule has 96 valence electrons. The van der Waals surface area contributed by atoms with Crippen LogP contribution in [0.15, 0.2) is 6.07 Å². The van der Waals surface area contributed by atoms with Gasteiger partial charge in [-0.05, 0) is 19.8 Å². The number of rotatable bonds is 7. The zero-order valence-corrected chi connectivity index (χ0v) is 11.1. The summed E-state index contributed by atoms with van der Waals surface area (Å²) in [6.45, 7) is 2.75. The predicted octanol–water partition coefficient (Wildman–Crippen LogP) is 2.31. The molecule has 0 saturated heterocycles. The summed E-state index contributed by atoms with van der Waals surface area (Å²) in [4.78, 5) is 8.32. The third-order valence-electron chi connectivity index (χ3n) is 2.16. The topological polar surface area (TPSA) is 56.3 Å². The third-order valence-corrected chi connectivity index (χ3v) is 2.38. The Labute approximate surface area is 107 Å². The Morgan fingerprint density at radius 2 is 1.88 bits per heavy atom. The first kappa shape index (κ1) is 13.8. The zero-order valence-electron chi connectivity index (χ0n) is 10.4. The average molecular weight is 260 g/mol. The molecule has 1 aromatic rings. The Bertz CT molecular complexity index is 325. The summed E-state index contributed by atoms with van der Waals surface area (Å²) < 4.78 is 10.1. The molecule has 1 heterocycles. The minimum atomic E-state index is 0.192. The van der Waals surface area contributed by atoms with Gasteiger partial charge < -0.3 is 14.8 Å². The second-order valence-electron chi connectivity index (χ2n) is 3.63. The summed E-state index contributed by atoms with van der Waals surface area (Å²) in [5.41, 5.74) is 0. The first-order valence-electron chi connectivity index (χ1n) is 5.50.